The van der Waals surface area contributed by atoms with Gasteiger partial charge >= 0.3 is 0 Å². The van der Waals surface area contributed by atoms with E-state index in [9.17, 15) is 9.59 Å². The van der Waals surface area contributed by atoms with Crippen LogP contribution in [0.3, 0.4) is 0 Å². The standard InChI is InChI=1S/C25H36N4O4/c1-17(15-25(3,4)5)12-23(31)29-11-10-28(16-18(29)2)22(30)14-21-26-24(33-27-21)19-8-7-9-20(13-19)32-6/h7-9,13,17-18H,10-12,14-16H2,1-6H3. The summed E-state index contributed by atoms with van der Waals surface area (Å²) in [4.78, 5) is 33.8. The number of benzene rings is 1. The molecule has 1 aliphatic heterocycles. The van der Waals surface area contributed by atoms with Crippen LogP contribution in [-0.2, 0) is 16.0 Å². The fraction of sp³-hybridized carbons (Fsp3) is 0.600. The fourth-order valence-corrected chi connectivity index (χ4v) is 4.53. The average molecular weight is 457 g/mol. The van der Waals surface area contributed by atoms with Crippen molar-refractivity contribution in [1.29, 1.82) is 0 Å². The summed E-state index contributed by atoms with van der Waals surface area (Å²) in [6.07, 6.45) is 1.62. The molecule has 2 atom stereocenters. The molecule has 0 radical (unpaired) electrons. The molecule has 1 fully saturated rings. The second-order valence-electron chi connectivity index (χ2n) is 10.3. The van der Waals surface area contributed by atoms with E-state index in [1.165, 1.54) is 0 Å². The van der Waals surface area contributed by atoms with Crippen LogP contribution in [0.5, 0.6) is 5.75 Å². The minimum Gasteiger partial charge on any atom is -0.497 e. The van der Waals surface area contributed by atoms with Crippen LogP contribution in [0.4, 0.5) is 0 Å². The molecule has 8 heteroatoms. The largest absolute Gasteiger partial charge is 0.497 e. The molecule has 0 saturated carbocycles. The lowest BCUT2D eigenvalue weighted by atomic mass is 9.84. The second-order valence-corrected chi connectivity index (χ2v) is 10.3. The molecule has 33 heavy (non-hydrogen) atoms. The molecule has 1 saturated heterocycles. The van der Waals surface area contributed by atoms with Crippen molar-refractivity contribution in [1.82, 2.24) is 19.9 Å². The molecule has 0 spiro atoms. The van der Waals surface area contributed by atoms with Gasteiger partial charge < -0.3 is 19.1 Å². The van der Waals surface area contributed by atoms with Crippen molar-refractivity contribution < 1.29 is 18.8 Å². The minimum atomic E-state index is -0.0620. The first-order valence-corrected chi connectivity index (χ1v) is 11.6. The van der Waals surface area contributed by atoms with Gasteiger partial charge in [0.15, 0.2) is 5.82 Å². The van der Waals surface area contributed by atoms with Gasteiger partial charge in [-0.3, -0.25) is 9.59 Å². The molecule has 0 bridgehead atoms. The Balaban J connectivity index is 1.53. The van der Waals surface area contributed by atoms with Gasteiger partial charge in [-0.15, -0.1) is 0 Å². The van der Waals surface area contributed by atoms with Crippen molar-refractivity contribution in [3.05, 3.63) is 30.1 Å². The average Bonchev–Trinajstić information content (AvgIpc) is 3.20. The summed E-state index contributed by atoms with van der Waals surface area (Å²) in [6, 6.07) is 7.31. The number of amides is 2. The van der Waals surface area contributed by atoms with Crippen LogP contribution < -0.4 is 4.74 Å². The summed E-state index contributed by atoms with van der Waals surface area (Å²) in [7, 11) is 1.60. The van der Waals surface area contributed by atoms with Gasteiger partial charge in [0.25, 0.3) is 5.89 Å². The van der Waals surface area contributed by atoms with Crippen molar-refractivity contribution >= 4 is 11.8 Å². The summed E-state index contributed by atoms with van der Waals surface area (Å²) in [6.45, 7) is 12.3. The molecule has 180 valence electrons. The van der Waals surface area contributed by atoms with Gasteiger partial charge in [-0.25, -0.2) is 0 Å². The van der Waals surface area contributed by atoms with Gasteiger partial charge in [-0.05, 0) is 42.9 Å². The number of rotatable bonds is 7. The van der Waals surface area contributed by atoms with Crippen molar-refractivity contribution in [2.24, 2.45) is 11.3 Å². The van der Waals surface area contributed by atoms with Crippen molar-refractivity contribution in [3.8, 4) is 17.2 Å². The van der Waals surface area contributed by atoms with E-state index in [2.05, 4.69) is 37.8 Å². The first kappa shape index (κ1) is 24.7. The highest BCUT2D eigenvalue weighted by molar-refractivity contribution is 5.80. The van der Waals surface area contributed by atoms with Crippen LogP contribution in [0.1, 0.15) is 53.3 Å². The summed E-state index contributed by atoms with van der Waals surface area (Å²) >= 11 is 0. The third-order valence-corrected chi connectivity index (χ3v) is 5.88. The van der Waals surface area contributed by atoms with E-state index in [4.69, 9.17) is 9.26 Å². The van der Waals surface area contributed by atoms with E-state index >= 15 is 0 Å². The molecule has 8 nitrogen and oxygen atoms in total. The second kappa shape index (κ2) is 10.4. The monoisotopic (exact) mass is 456 g/mol. The van der Waals surface area contributed by atoms with Crippen LogP contribution in [0, 0.1) is 11.3 Å². The minimum absolute atomic E-state index is 0.0188. The Kier molecular flexibility index (Phi) is 7.76. The zero-order valence-corrected chi connectivity index (χ0v) is 20.6. The van der Waals surface area contributed by atoms with E-state index in [0.717, 1.165) is 12.0 Å². The molecule has 1 aliphatic rings. The highest BCUT2D eigenvalue weighted by atomic mass is 16.5. The van der Waals surface area contributed by atoms with E-state index in [1.54, 1.807) is 18.1 Å². The molecular weight excluding hydrogens is 420 g/mol. The summed E-state index contributed by atoms with van der Waals surface area (Å²) in [5.41, 5.74) is 0.944. The van der Waals surface area contributed by atoms with Crippen molar-refractivity contribution in [2.75, 3.05) is 26.7 Å². The van der Waals surface area contributed by atoms with Gasteiger partial charge in [0, 0.05) is 37.7 Å². The Bertz CT molecular complexity index is 965. The number of hydrogen-bond acceptors (Lipinski definition) is 6. The predicted octanol–water partition coefficient (Wildman–Crippen LogP) is 3.81. The first-order chi connectivity index (χ1) is 15.6. The molecule has 2 unspecified atom stereocenters. The van der Waals surface area contributed by atoms with Gasteiger partial charge in [-0.2, -0.15) is 4.98 Å². The number of piperazine rings is 1. The number of aromatic nitrogens is 2. The molecule has 2 aromatic rings. The fourth-order valence-electron chi connectivity index (χ4n) is 4.53. The van der Waals surface area contributed by atoms with Crippen LogP contribution in [0.2, 0.25) is 0 Å². The number of methoxy groups -OCH3 is 1. The van der Waals surface area contributed by atoms with Gasteiger partial charge in [0.1, 0.15) is 5.75 Å². The quantitative estimate of drug-likeness (QED) is 0.629. The van der Waals surface area contributed by atoms with Gasteiger partial charge in [0.2, 0.25) is 11.8 Å². The summed E-state index contributed by atoms with van der Waals surface area (Å²) in [5, 5.41) is 3.97. The molecule has 2 amide bonds. The maximum atomic E-state index is 12.9. The van der Waals surface area contributed by atoms with Crippen LogP contribution in [0.15, 0.2) is 28.8 Å². The zero-order valence-electron chi connectivity index (χ0n) is 20.6. The lowest BCUT2D eigenvalue weighted by Gasteiger charge is -2.40. The number of carbonyl (C=O) groups excluding carboxylic acids is 2. The lowest BCUT2D eigenvalue weighted by Crippen LogP contribution is -2.55. The summed E-state index contributed by atoms with van der Waals surface area (Å²) in [5.74, 6) is 1.84. The molecule has 0 aliphatic carbocycles. The first-order valence-electron chi connectivity index (χ1n) is 11.6. The molecule has 1 aromatic carbocycles. The van der Waals surface area contributed by atoms with Crippen molar-refractivity contribution in [2.45, 2.75) is 59.9 Å². The maximum absolute atomic E-state index is 12.9. The summed E-state index contributed by atoms with van der Waals surface area (Å²) < 4.78 is 10.6. The third-order valence-electron chi connectivity index (χ3n) is 5.88. The van der Waals surface area contributed by atoms with Crippen LogP contribution >= 0.6 is 0 Å². The van der Waals surface area contributed by atoms with E-state index in [1.807, 2.05) is 30.0 Å². The number of nitrogens with zero attached hydrogens (tertiary/aromatic N) is 4. The highest BCUT2D eigenvalue weighted by Crippen LogP contribution is 2.27. The van der Waals surface area contributed by atoms with Gasteiger partial charge in [0.05, 0.1) is 13.5 Å². The lowest BCUT2D eigenvalue weighted by molar-refractivity contribution is -0.142. The molecule has 2 heterocycles. The molecule has 1 aromatic heterocycles. The van der Waals surface area contributed by atoms with E-state index in [0.29, 0.717) is 49.4 Å². The number of ether oxygens (including phenoxy) is 1. The molecule has 0 N–H and O–H groups in total. The zero-order chi connectivity index (χ0) is 24.2. The normalized spacial score (nSPS) is 17.7. The molecular formula is C25H36N4O4. The van der Waals surface area contributed by atoms with Crippen LogP contribution in [-0.4, -0.2) is 64.5 Å². The topological polar surface area (TPSA) is 88.8 Å². The highest BCUT2D eigenvalue weighted by Gasteiger charge is 2.31. The Morgan fingerprint density at radius 1 is 1.24 bits per heavy atom. The Labute approximate surface area is 196 Å². The maximum Gasteiger partial charge on any atom is 0.258 e. The predicted molar refractivity (Wildman–Crippen MR) is 126 cm³/mol. The Morgan fingerprint density at radius 3 is 2.67 bits per heavy atom. The molecule has 3 rings (SSSR count). The Morgan fingerprint density at radius 2 is 2.00 bits per heavy atom. The smallest absolute Gasteiger partial charge is 0.258 e. The van der Waals surface area contributed by atoms with E-state index in [-0.39, 0.29) is 29.7 Å². The number of carbonyl (C=O) groups is 2. The van der Waals surface area contributed by atoms with Gasteiger partial charge in [-0.1, -0.05) is 38.9 Å². The van der Waals surface area contributed by atoms with E-state index < -0.39 is 0 Å². The van der Waals surface area contributed by atoms with Crippen molar-refractivity contribution in [3.63, 3.8) is 0 Å². The Hall–Kier alpha value is -2.90. The third kappa shape index (κ3) is 6.79. The van der Waals surface area contributed by atoms with Crippen LogP contribution in [0.25, 0.3) is 11.5 Å². The number of hydrogen-bond donors (Lipinski definition) is 0. The SMILES string of the molecule is COc1cccc(-c2nc(CC(=O)N3CCN(C(=O)CC(C)CC(C)(C)C)C(C)C3)no2)c1.